The summed E-state index contributed by atoms with van der Waals surface area (Å²) in [5, 5.41) is 0. The van der Waals surface area contributed by atoms with Crippen molar-refractivity contribution in [3.8, 4) is 0 Å². The van der Waals surface area contributed by atoms with Crippen LogP contribution in [0, 0.1) is 0 Å². The molecule has 0 spiro atoms. The van der Waals surface area contributed by atoms with Crippen LogP contribution < -0.4 is 5.73 Å². The number of allylic oxidation sites excluding steroid dienone is 2. The molecule has 0 radical (unpaired) electrons. The SMILES string of the molecule is CCCCCCCC/C=C\CCCCCCCC(=O)OC[C@H](COP(=O)(O)OCCN)OC(=O)CCCCCCCCCCCC. The summed E-state index contributed by atoms with van der Waals surface area (Å²) in [6.07, 6.45) is 31.0. The predicted molar refractivity (Wildman–Crippen MR) is 188 cm³/mol. The lowest BCUT2D eigenvalue weighted by atomic mass is 10.1. The van der Waals surface area contributed by atoms with Gasteiger partial charge in [0.15, 0.2) is 6.10 Å². The number of rotatable bonds is 35. The topological polar surface area (TPSA) is 134 Å². The predicted octanol–water partition coefficient (Wildman–Crippen LogP) is 9.88. The summed E-state index contributed by atoms with van der Waals surface area (Å²) in [4.78, 5) is 34.6. The molecule has 0 heterocycles. The van der Waals surface area contributed by atoms with Crippen molar-refractivity contribution in [1.29, 1.82) is 0 Å². The molecule has 0 aromatic heterocycles. The molecule has 9 nitrogen and oxygen atoms in total. The van der Waals surface area contributed by atoms with Gasteiger partial charge in [0.05, 0.1) is 13.2 Å². The molecule has 0 aromatic rings. The molecule has 0 aliphatic rings. The van der Waals surface area contributed by atoms with Gasteiger partial charge in [0.1, 0.15) is 6.61 Å². The first kappa shape index (κ1) is 44.8. The Balaban J connectivity index is 4.21. The van der Waals surface area contributed by atoms with Crippen LogP contribution in [0.2, 0.25) is 0 Å². The van der Waals surface area contributed by atoms with Crippen molar-refractivity contribution in [3.05, 3.63) is 12.2 Å². The zero-order valence-corrected chi connectivity index (χ0v) is 30.5. The third-order valence-electron chi connectivity index (χ3n) is 7.90. The Labute approximate surface area is 281 Å². The van der Waals surface area contributed by atoms with Crippen molar-refractivity contribution in [1.82, 2.24) is 0 Å². The molecule has 3 N–H and O–H groups in total. The van der Waals surface area contributed by atoms with E-state index in [0.717, 1.165) is 51.4 Å². The minimum absolute atomic E-state index is 0.0547. The number of phosphoric ester groups is 1. The van der Waals surface area contributed by atoms with E-state index in [1.807, 2.05) is 0 Å². The molecule has 10 heteroatoms. The zero-order valence-electron chi connectivity index (χ0n) is 29.6. The number of esters is 2. The molecule has 272 valence electrons. The number of hydrogen-bond acceptors (Lipinski definition) is 8. The number of unbranched alkanes of at least 4 members (excludes halogenated alkanes) is 20. The minimum Gasteiger partial charge on any atom is -0.462 e. The number of hydrogen-bond donors (Lipinski definition) is 2. The minimum atomic E-state index is -4.36. The van der Waals surface area contributed by atoms with Crippen LogP contribution in [0.1, 0.15) is 174 Å². The molecule has 0 aliphatic carbocycles. The molecule has 0 saturated carbocycles. The summed E-state index contributed by atoms with van der Waals surface area (Å²) in [5.41, 5.74) is 5.32. The lowest BCUT2D eigenvalue weighted by molar-refractivity contribution is -0.161. The molecule has 0 bridgehead atoms. The first-order chi connectivity index (χ1) is 22.3. The van der Waals surface area contributed by atoms with Crippen LogP contribution in [-0.4, -0.2) is 49.3 Å². The maximum absolute atomic E-state index is 12.5. The molecule has 46 heavy (non-hydrogen) atoms. The van der Waals surface area contributed by atoms with Gasteiger partial charge in [-0.3, -0.25) is 18.6 Å². The highest BCUT2D eigenvalue weighted by molar-refractivity contribution is 7.47. The number of carbonyl (C=O) groups is 2. The van der Waals surface area contributed by atoms with Crippen molar-refractivity contribution in [2.75, 3.05) is 26.4 Å². The second kappa shape index (κ2) is 33.6. The quantitative estimate of drug-likeness (QED) is 0.0291. The fourth-order valence-corrected chi connectivity index (χ4v) is 5.86. The largest absolute Gasteiger partial charge is 0.472 e. The standard InChI is InChI=1S/C36H70NO8P/c1-3-5-7-9-11-13-15-16-17-18-19-21-22-24-26-28-35(38)42-32-34(33-44-46(40,41)43-31-30-37)45-36(39)29-27-25-23-20-14-12-10-8-6-4-2/h16-17,34H,3-15,18-33,37H2,1-2H3,(H,40,41)/b17-16-/t34-/m1/s1. The van der Waals surface area contributed by atoms with Gasteiger partial charge in [0, 0.05) is 19.4 Å². The maximum Gasteiger partial charge on any atom is 0.472 e. The van der Waals surface area contributed by atoms with Crippen LogP contribution in [0.25, 0.3) is 0 Å². The maximum atomic E-state index is 12.5. The molecule has 0 aliphatic heterocycles. The van der Waals surface area contributed by atoms with E-state index in [-0.39, 0.29) is 38.6 Å². The van der Waals surface area contributed by atoms with Gasteiger partial charge in [-0.15, -0.1) is 0 Å². The fraction of sp³-hybridized carbons (Fsp3) is 0.889. The van der Waals surface area contributed by atoms with Crippen molar-refractivity contribution in [2.45, 2.75) is 180 Å². The first-order valence-electron chi connectivity index (χ1n) is 18.7. The second-order valence-electron chi connectivity index (χ2n) is 12.4. The number of carbonyl (C=O) groups excluding carboxylic acids is 2. The molecular weight excluding hydrogens is 605 g/mol. The highest BCUT2D eigenvalue weighted by atomic mass is 31.2. The summed E-state index contributed by atoms with van der Waals surface area (Å²) in [7, 11) is -4.36. The average Bonchev–Trinajstić information content (AvgIpc) is 3.04. The van der Waals surface area contributed by atoms with Crippen LogP contribution in [0.15, 0.2) is 12.2 Å². The van der Waals surface area contributed by atoms with Crippen LogP contribution in [-0.2, 0) is 32.7 Å². The van der Waals surface area contributed by atoms with Crippen LogP contribution in [0.3, 0.4) is 0 Å². The van der Waals surface area contributed by atoms with E-state index in [0.29, 0.717) is 6.42 Å². The van der Waals surface area contributed by atoms with Gasteiger partial charge >= 0.3 is 19.8 Å². The van der Waals surface area contributed by atoms with E-state index in [2.05, 4.69) is 26.0 Å². The molecule has 0 rings (SSSR count). The lowest BCUT2D eigenvalue weighted by Crippen LogP contribution is -2.29. The Morgan fingerprint density at radius 3 is 1.54 bits per heavy atom. The first-order valence-corrected chi connectivity index (χ1v) is 20.2. The summed E-state index contributed by atoms with van der Waals surface area (Å²) in [6, 6.07) is 0. The van der Waals surface area contributed by atoms with Gasteiger partial charge in [-0.1, -0.05) is 135 Å². The zero-order chi connectivity index (χ0) is 34.0. The smallest absolute Gasteiger partial charge is 0.462 e. The van der Waals surface area contributed by atoms with Gasteiger partial charge in [0.25, 0.3) is 0 Å². The van der Waals surface area contributed by atoms with Gasteiger partial charge in [-0.25, -0.2) is 4.57 Å². The molecule has 0 amide bonds. The fourth-order valence-electron chi connectivity index (χ4n) is 5.10. The Hall–Kier alpha value is -1.25. The van der Waals surface area contributed by atoms with E-state index in [4.69, 9.17) is 24.3 Å². The summed E-state index contributed by atoms with van der Waals surface area (Å²) in [6.45, 7) is 3.70. The molecule has 2 atom stereocenters. The van der Waals surface area contributed by atoms with Crippen LogP contribution in [0.4, 0.5) is 0 Å². The summed E-state index contributed by atoms with van der Waals surface area (Å²) < 4.78 is 32.6. The highest BCUT2D eigenvalue weighted by Gasteiger charge is 2.25. The van der Waals surface area contributed by atoms with Gasteiger partial charge < -0.3 is 20.1 Å². The van der Waals surface area contributed by atoms with Crippen molar-refractivity contribution < 1.29 is 37.6 Å². The average molecular weight is 676 g/mol. The van der Waals surface area contributed by atoms with E-state index in [9.17, 15) is 19.0 Å². The molecule has 0 saturated heterocycles. The Kier molecular flexibility index (Phi) is 32.7. The van der Waals surface area contributed by atoms with Gasteiger partial charge in [-0.05, 0) is 38.5 Å². The highest BCUT2D eigenvalue weighted by Crippen LogP contribution is 2.43. The molecule has 0 aromatic carbocycles. The molecular formula is C36H70NO8P. The van der Waals surface area contributed by atoms with E-state index in [1.54, 1.807) is 0 Å². The normalized spacial score (nSPS) is 13.6. The van der Waals surface area contributed by atoms with Crippen molar-refractivity contribution in [3.63, 3.8) is 0 Å². The number of nitrogens with two attached hydrogens (primary N) is 1. The lowest BCUT2D eigenvalue weighted by Gasteiger charge is -2.19. The van der Waals surface area contributed by atoms with E-state index < -0.39 is 26.5 Å². The van der Waals surface area contributed by atoms with Gasteiger partial charge in [0.2, 0.25) is 0 Å². The number of phosphoric acid groups is 1. The monoisotopic (exact) mass is 675 g/mol. The van der Waals surface area contributed by atoms with Crippen molar-refractivity contribution >= 4 is 19.8 Å². The van der Waals surface area contributed by atoms with E-state index in [1.165, 1.54) is 89.9 Å². The van der Waals surface area contributed by atoms with Crippen LogP contribution >= 0.6 is 7.82 Å². The summed E-state index contributed by atoms with van der Waals surface area (Å²) in [5.74, 6) is -0.836. The third kappa shape index (κ3) is 32.7. The second-order valence-corrected chi connectivity index (χ2v) is 13.9. The third-order valence-corrected chi connectivity index (χ3v) is 8.89. The Bertz CT molecular complexity index is 779. The molecule has 0 fully saturated rings. The Morgan fingerprint density at radius 2 is 1.07 bits per heavy atom. The summed E-state index contributed by atoms with van der Waals surface area (Å²) >= 11 is 0. The molecule has 1 unspecified atom stereocenters. The van der Waals surface area contributed by atoms with Gasteiger partial charge in [-0.2, -0.15) is 0 Å². The Morgan fingerprint density at radius 1 is 0.630 bits per heavy atom. The van der Waals surface area contributed by atoms with Crippen LogP contribution in [0.5, 0.6) is 0 Å². The number of ether oxygens (including phenoxy) is 2. The van der Waals surface area contributed by atoms with Crippen molar-refractivity contribution in [2.24, 2.45) is 5.73 Å². The van der Waals surface area contributed by atoms with E-state index >= 15 is 0 Å².